The summed E-state index contributed by atoms with van der Waals surface area (Å²) in [7, 11) is 0. The summed E-state index contributed by atoms with van der Waals surface area (Å²) < 4.78 is 0. The molecule has 1 saturated carbocycles. The van der Waals surface area contributed by atoms with Crippen LogP contribution in [0.1, 0.15) is 45.4 Å². The Kier molecular flexibility index (Phi) is 3.45. The van der Waals surface area contributed by atoms with Crippen LogP contribution >= 0.6 is 0 Å². The second kappa shape index (κ2) is 4.63. The summed E-state index contributed by atoms with van der Waals surface area (Å²) in [5.74, 6) is 1.01. The van der Waals surface area contributed by atoms with Gasteiger partial charge in [-0.3, -0.25) is 4.90 Å². The lowest BCUT2D eigenvalue weighted by molar-refractivity contribution is 0.106. The first-order valence-corrected chi connectivity index (χ1v) is 6.31. The molecule has 2 fully saturated rings. The number of nitrogens with zero attached hydrogens (tertiary/aromatic N) is 1. The maximum absolute atomic E-state index is 6.04. The molecule has 14 heavy (non-hydrogen) atoms. The Labute approximate surface area is 87.8 Å². The first kappa shape index (κ1) is 10.4. The zero-order valence-corrected chi connectivity index (χ0v) is 9.41. The van der Waals surface area contributed by atoms with Crippen LogP contribution in [-0.4, -0.2) is 30.1 Å². The van der Waals surface area contributed by atoms with Crippen molar-refractivity contribution in [3.8, 4) is 0 Å². The van der Waals surface area contributed by atoms with Gasteiger partial charge in [0.25, 0.3) is 0 Å². The van der Waals surface area contributed by atoms with Crippen molar-refractivity contribution >= 4 is 0 Å². The molecular formula is C12H24N2. The molecule has 0 spiro atoms. The molecule has 2 nitrogen and oxygen atoms in total. The van der Waals surface area contributed by atoms with E-state index in [9.17, 15) is 0 Å². The van der Waals surface area contributed by atoms with Gasteiger partial charge in [-0.2, -0.15) is 0 Å². The third-order valence-corrected chi connectivity index (χ3v) is 4.10. The molecule has 3 atom stereocenters. The van der Waals surface area contributed by atoms with Crippen molar-refractivity contribution in [2.75, 3.05) is 13.1 Å². The second-order valence-corrected chi connectivity index (χ2v) is 5.06. The SMILES string of the molecule is CC[C@H](N)CN1CCCC2CCCC21. The first-order valence-electron chi connectivity index (χ1n) is 6.31. The largest absolute Gasteiger partial charge is 0.327 e. The van der Waals surface area contributed by atoms with Crippen LogP contribution in [0, 0.1) is 5.92 Å². The van der Waals surface area contributed by atoms with E-state index in [1.807, 2.05) is 0 Å². The lowest BCUT2D eigenvalue weighted by Gasteiger charge is -2.39. The molecule has 82 valence electrons. The molecule has 1 aliphatic carbocycles. The van der Waals surface area contributed by atoms with Crippen molar-refractivity contribution in [3.05, 3.63) is 0 Å². The number of piperidine rings is 1. The van der Waals surface area contributed by atoms with Crippen LogP contribution in [0.15, 0.2) is 0 Å². The van der Waals surface area contributed by atoms with E-state index in [1.165, 1.54) is 38.6 Å². The smallest absolute Gasteiger partial charge is 0.0165 e. The third-order valence-electron chi connectivity index (χ3n) is 4.10. The zero-order chi connectivity index (χ0) is 9.97. The fraction of sp³-hybridized carbons (Fsp3) is 1.00. The highest BCUT2D eigenvalue weighted by molar-refractivity contribution is 4.90. The molecule has 2 unspecified atom stereocenters. The number of rotatable bonds is 3. The Morgan fingerprint density at radius 2 is 2.07 bits per heavy atom. The van der Waals surface area contributed by atoms with Crippen molar-refractivity contribution in [3.63, 3.8) is 0 Å². The monoisotopic (exact) mass is 196 g/mol. The molecule has 0 aromatic rings. The standard InChI is InChI=1S/C12H24N2/c1-2-11(13)9-14-8-4-6-10-5-3-7-12(10)14/h10-12H,2-9,13H2,1H3/t10?,11-,12?/m0/s1. The average molecular weight is 196 g/mol. The van der Waals surface area contributed by atoms with E-state index in [2.05, 4.69) is 11.8 Å². The topological polar surface area (TPSA) is 29.3 Å². The fourth-order valence-electron chi connectivity index (χ4n) is 3.21. The summed E-state index contributed by atoms with van der Waals surface area (Å²) in [5.41, 5.74) is 6.04. The van der Waals surface area contributed by atoms with E-state index in [0.717, 1.165) is 24.9 Å². The normalized spacial score (nSPS) is 35.6. The maximum Gasteiger partial charge on any atom is 0.0165 e. The predicted octanol–water partition coefficient (Wildman–Crippen LogP) is 1.99. The Bertz CT molecular complexity index is 181. The summed E-state index contributed by atoms with van der Waals surface area (Å²) in [5, 5.41) is 0. The van der Waals surface area contributed by atoms with Gasteiger partial charge in [0.1, 0.15) is 0 Å². The highest BCUT2D eigenvalue weighted by atomic mass is 15.2. The van der Waals surface area contributed by atoms with E-state index in [-0.39, 0.29) is 0 Å². The number of hydrogen-bond acceptors (Lipinski definition) is 2. The quantitative estimate of drug-likeness (QED) is 0.748. The number of nitrogens with two attached hydrogens (primary N) is 1. The molecule has 0 bridgehead atoms. The van der Waals surface area contributed by atoms with Gasteiger partial charge < -0.3 is 5.73 Å². The van der Waals surface area contributed by atoms with Gasteiger partial charge in [-0.15, -0.1) is 0 Å². The van der Waals surface area contributed by atoms with Crippen LogP contribution in [0.2, 0.25) is 0 Å². The van der Waals surface area contributed by atoms with Crippen molar-refractivity contribution in [2.45, 2.75) is 57.5 Å². The van der Waals surface area contributed by atoms with E-state index in [1.54, 1.807) is 0 Å². The van der Waals surface area contributed by atoms with Crippen LogP contribution in [0.25, 0.3) is 0 Å². The molecule has 0 radical (unpaired) electrons. The lowest BCUT2D eigenvalue weighted by atomic mass is 9.91. The van der Waals surface area contributed by atoms with E-state index >= 15 is 0 Å². The Morgan fingerprint density at radius 3 is 2.86 bits per heavy atom. The summed E-state index contributed by atoms with van der Waals surface area (Å²) >= 11 is 0. The third kappa shape index (κ3) is 2.12. The Hall–Kier alpha value is -0.0800. The highest BCUT2D eigenvalue weighted by Gasteiger charge is 2.34. The first-order chi connectivity index (χ1) is 6.81. The summed E-state index contributed by atoms with van der Waals surface area (Å²) in [6.45, 7) is 4.63. The summed E-state index contributed by atoms with van der Waals surface area (Å²) in [4.78, 5) is 2.68. The Balaban J connectivity index is 1.90. The summed E-state index contributed by atoms with van der Waals surface area (Å²) in [6, 6.07) is 1.29. The van der Waals surface area contributed by atoms with E-state index < -0.39 is 0 Å². The molecule has 2 N–H and O–H groups in total. The fourth-order valence-corrected chi connectivity index (χ4v) is 3.21. The van der Waals surface area contributed by atoms with Crippen molar-refractivity contribution in [1.82, 2.24) is 4.90 Å². The molecule has 0 aromatic heterocycles. The van der Waals surface area contributed by atoms with E-state index in [0.29, 0.717) is 6.04 Å². The minimum Gasteiger partial charge on any atom is -0.327 e. The molecule has 1 saturated heterocycles. The van der Waals surface area contributed by atoms with Gasteiger partial charge in [-0.1, -0.05) is 13.3 Å². The van der Waals surface area contributed by atoms with Gasteiger partial charge in [0, 0.05) is 18.6 Å². The minimum absolute atomic E-state index is 0.398. The molecule has 1 aliphatic heterocycles. The van der Waals surface area contributed by atoms with Gasteiger partial charge in [-0.25, -0.2) is 0 Å². The van der Waals surface area contributed by atoms with Crippen LogP contribution in [0.5, 0.6) is 0 Å². The number of hydrogen-bond donors (Lipinski definition) is 1. The minimum atomic E-state index is 0.398. The van der Waals surface area contributed by atoms with Gasteiger partial charge in [0.05, 0.1) is 0 Å². The molecule has 0 amide bonds. The van der Waals surface area contributed by atoms with Gasteiger partial charge in [0.15, 0.2) is 0 Å². The van der Waals surface area contributed by atoms with Crippen molar-refractivity contribution < 1.29 is 0 Å². The van der Waals surface area contributed by atoms with Crippen molar-refractivity contribution in [2.24, 2.45) is 11.7 Å². The summed E-state index contributed by atoms with van der Waals surface area (Å²) in [6.07, 6.45) is 8.35. The molecular weight excluding hydrogens is 172 g/mol. The maximum atomic E-state index is 6.04. The second-order valence-electron chi connectivity index (χ2n) is 5.06. The lowest BCUT2D eigenvalue weighted by Crippen LogP contribution is -2.47. The average Bonchev–Trinajstić information content (AvgIpc) is 2.66. The van der Waals surface area contributed by atoms with E-state index in [4.69, 9.17) is 5.73 Å². The number of fused-ring (bicyclic) bond motifs is 1. The van der Waals surface area contributed by atoms with Crippen LogP contribution < -0.4 is 5.73 Å². The molecule has 2 aliphatic rings. The van der Waals surface area contributed by atoms with Gasteiger partial charge in [0.2, 0.25) is 0 Å². The van der Waals surface area contributed by atoms with Gasteiger partial charge >= 0.3 is 0 Å². The molecule has 1 heterocycles. The van der Waals surface area contributed by atoms with Gasteiger partial charge in [-0.05, 0) is 44.6 Å². The van der Waals surface area contributed by atoms with Crippen LogP contribution in [0.3, 0.4) is 0 Å². The number of likely N-dealkylation sites (tertiary alicyclic amines) is 1. The zero-order valence-electron chi connectivity index (χ0n) is 9.41. The molecule has 0 aromatic carbocycles. The highest BCUT2D eigenvalue weighted by Crippen LogP contribution is 2.36. The van der Waals surface area contributed by atoms with Crippen LogP contribution in [-0.2, 0) is 0 Å². The Morgan fingerprint density at radius 1 is 1.29 bits per heavy atom. The molecule has 2 rings (SSSR count). The predicted molar refractivity (Wildman–Crippen MR) is 60.2 cm³/mol. The molecule has 2 heteroatoms. The van der Waals surface area contributed by atoms with Crippen LogP contribution in [0.4, 0.5) is 0 Å². The van der Waals surface area contributed by atoms with Crippen molar-refractivity contribution in [1.29, 1.82) is 0 Å².